The zero-order chi connectivity index (χ0) is 10.5. The molecule has 0 saturated heterocycles. The Bertz CT molecular complexity index is 532. The molecule has 0 aliphatic rings. The molecule has 5 heteroatoms. The van der Waals surface area contributed by atoms with E-state index in [2.05, 4.69) is 15.3 Å². The average molecular weight is 219 g/mol. The fourth-order valence-electron chi connectivity index (χ4n) is 1.14. The molecular weight excluding hydrogens is 210 g/mol. The van der Waals surface area contributed by atoms with Gasteiger partial charge in [0.2, 0.25) is 5.95 Å². The molecule has 0 bridgehead atoms. The topological polar surface area (TPSA) is 57.8 Å². The molecule has 0 radical (unpaired) electrons. The van der Waals surface area contributed by atoms with E-state index < -0.39 is 0 Å². The summed E-state index contributed by atoms with van der Waals surface area (Å²) in [4.78, 5) is 6.93. The molecule has 15 heavy (non-hydrogen) atoms. The van der Waals surface area contributed by atoms with Crippen LogP contribution in [-0.2, 0) is 11.3 Å². The molecule has 1 aromatic carbocycles. The highest BCUT2D eigenvalue weighted by Gasteiger charge is 1.93. The smallest absolute Gasteiger partial charge is 0.205 e. The summed E-state index contributed by atoms with van der Waals surface area (Å²) in [6, 6.07) is 11.3. The van der Waals surface area contributed by atoms with Crippen molar-refractivity contribution >= 4 is 22.9 Å². The molecule has 2 aromatic rings. The molecule has 0 atom stereocenters. The number of H-pyrrole nitrogens is 1. The third-order valence-electron chi connectivity index (χ3n) is 1.80. The van der Waals surface area contributed by atoms with Crippen LogP contribution in [0.4, 0.5) is 11.6 Å². The van der Waals surface area contributed by atoms with Crippen LogP contribution in [-0.4, -0.2) is 14.2 Å². The number of nitrogens with one attached hydrogen (secondary N) is 2. The van der Waals surface area contributed by atoms with Gasteiger partial charge in [0.25, 0.3) is 0 Å². The third-order valence-corrected chi connectivity index (χ3v) is 2.22. The molecular formula is C10H9N3OS. The molecule has 1 heterocycles. The Kier molecular flexibility index (Phi) is 2.94. The van der Waals surface area contributed by atoms with Crippen LogP contribution in [0.15, 0.2) is 42.6 Å². The van der Waals surface area contributed by atoms with Crippen LogP contribution >= 0.6 is 0 Å². The lowest BCUT2D eigenvalue weighted by atomic mass is 10.3. The third kappa shape index (κ3) is 2.54. The predicted octanol–water partition coefficient (Wildman–Crippen LogP) is 1.90. The summed E-state index contributed by atoms with van der Waals surface area (Å²) in [7, 11) is 0. The molecule has 0 spiro atoms. The summed E-state index contributed by atoms with van der Waals surface area (Å²) in [5, 5.41) is 3.06. The van der Waals surface area contributed by atoms with Crippen LogP contribution in [0.1, 0.15) is 0 Å². The minimum Gasteiger partial charge on any atom is -0.326 e. The van der Waals surface area contributed by atoms with Crippen LogP contribution in [0.3, 0.4) is 0 Å². The van der Waals surface area contributed by atoms with E-state index in [0.717, 1.165) is 5.69 Å². The number of aromatic nitrogens is 2. The van der Waals surface area contributed by atoms with E-state index in [4.69, 9.17) is 0 Å². The first-order valence-electron chi connectivity index (χ1n) is 4.39. The SMILES string of the molecule is O=S=c1ccnc(Nc2ccccc2)[nH]1. The molecule has 0 aliphatic heterocycles. The highest BCUT2D eigenvalue weighted by atomic mass is 32.1. The number of para-hydroxylation sites is 1. The van der Waals surface area contributed by atoms with Gasteiger partial charge in [-0.1, -0.05) is 18.2 Å². The second-order valence-electron chi connectivity index (χ2n) is 2.86. The highest BCUT2D eigenvalue weighted by molar-refractivity contribution is 7.56. The lowest BCUT2D eigenvalue weighted by molar-refractivity contribution is 0.699. The van der Waals surface area contributed by atoms with Gasteiger partial charge in [-0.3, -0.25) is 0 Å². The number of benzene rings is 1. The minimum atomic E-state index is 0.408. The van der Waals surface area contributed by atoms with Crippen molar-refractivity contribution in [3.8, 4) is 0 Å². The van der Waals surface area contributed by atoms with E-state index in [9.17, 15) is 4.21 Å². The summed E-state index contributed by atoms with van der Waals surface area (Å²) >= 11 is 0.408. The number of aromatic amines is 1. The van der Waals surface area contributed by atoms with Gasteiger partial charge in [-0.15, -0.1) is 0 Å². The van der Waals surface area contributed by atoms with Crippen molar-refractivity contribution in [3.63, 3.8) is 0 Å². The molecule has 4 nitrogen and oxygen atoms in total. The van der Waals surface area contributed by atoms with Gasteiger partial charge in [-0.25, -0.2) is 9.19 Å². The van der Waals surface area contributed by atoms with Crippen molar-refractivity contribution in [2.45, 2.75) is 0 Å². The maximum absolute atomic E-state index is 10.6. The Hall–Kier alpha value is -1.88. The van der Waals surface area contributed by atoms with Gasteiger partial charge in [0.05, 0.1) is 0 Å². The second-order valence-corrected chi connectivity index (χ2v) is 3.46. The van der Waals surface area contributed by atoms with E-state index in [1.165, 1.54) is 0 Å². The van der Waals surface area contributed by atoms with Gasteiger partial charge in [0, 0.05) is 11.9 Å². The van der Waals surface area contributed by atoms with Gasteiger partial charge < -0.3 is 10.3 Å². The lowest BCUT2D eigenvalue weighted by Crippen LogP contribution is -1.96. The van der Waals surface area contributed by atoms with Crippen LogP contribution in [0.5, 0.6) is 0 Å². The van der Waals surface area contributed by atoms with Crippen LogP contribution < -0.4 is 5.32 Å². The van der Waals surface area contributed by atoms with Gasteiger partial charge >= 0.3 is 0 Å². The van der Waals surface area contributed by atoms with Crippen molar-refractivity contribution in [2.75, 3.05) is 5.32 Å². The first-order valence-corrected chi connectivity index (χ1v) is 5.13. The predicted molar refractivity (Wildman–Crippen MR) is 59.7 cm³/mol. The fraction of sp³-hybridized carbons (Fsp3) is 0. The zero-order valence-corrected chi connectivity index (χ0v) is 8.62. The summed E-state index contributed by atoms with van der Waals surface area (Å²) in [6.07, 6.45) is 1.59. The molecule has 0 saturated carbocycles. The van der Waals surface area contributed by atoms with Crippen molar-refractivity contribution in [1.29, 1.82) is 0 Å². The Balaban J connectivity index is 2.29. The standard InChI is InChI=1S/C10H9N3OS/c14-15-9-6-7-11-10(13-9)12-8-4-2-1-3-5-8/h1-7H,(H2,11,12,13). The van der Waals surface area contributed by atoms with Crippen LogP contribution in [0, 0.1) is 4.64 Å². The van der Waals surface area contributed by atoms with Crippen molar-refractivity contribution < 1.29 is 4.21 Å². The molecule has 76 valence electrons. The number of anilines is 2. The zero-order valence-electron chi connectivity index (χ0n) is 7.81. The second kappa shape index (κ2) is 4.56. The Morgan fingerprint density at radius 3 is 2.73 bits per heavy atom. The van der Waals surface area contributed by atoms with E-state index in [1.54, 1.807) is 12.3 Å². The summed E-state index contributed by atoms with van der Waals surface area (Å²) in [5.41, 5.74) is 0.925. The van der Waals surface area contributed by atoms with Gasteiger partial charge in [0.15, 0.2) is 0 Å². The lowest BCUT2D eigenvalue weighted by Gasteiger charge is -2.03. The van der Waals surface area contributed by atoms with Gasteiger partial charge in [0.1, 0.15) is 15.9 Å². The summed E-state index contributed by atoms with van der Waals surface area (Å²) < 4.78 is 11.1. The first kappa shape index (κ1) is 9.67. The Morgan fingerprint density at radius 2 is 2.00 bits per heavy atom. The quantitative estimate of drug-likeness (QED) is 0.758. The highest BCUT2D eigenvalue weighted by Crippen LogP contribution is 2.10. The molecule has 0 unspecified atom stereocenters. The number of rotatable bonds is 2. The van der Waals surface area contributed by atoms with E-state index in [1.807, 2.05) is 30.3 Å². The van der Waals surface area contributed by atoms with Crippen LogP contribution in [0.25, 0.3) is 0 Å². The normalized spacial score (nSPS) is 9.60. The molecule has 2 rings (SSSR count). The molecule has 2 N–H and O–H groups in total. The number of hydrogen-bond acceptors (Lipinski definition) is 3. The molecule has 1 aromatic heterocycles. The number of nitrogens with zero attached hydrogens (tertiary/aromatic N) is 1. The van der Waals surface area contributed by atoms with Crippen molar-refractivity contribution in [2.24, 2.45) is 0 Å². The van der Waals surface area contributed by atoms with Gasteiger partial charge in [-0.2, -0.15) is 0 Å². The largest absolute Gasteiger partial charge is 0.326 e. The minimum absolute atomic E-state index is 0.408. The van der Waals surface area contributed by atoms with Crippen molar-refractivity contribution in [1.82, 2.24) is 9.97 Å². The Morgan fingerprint density at radius 1 is 1.20 bits per heavy atom. The van der Waals surface area contributed by atoms with Crippen molar-refractivity contribution in [3.05, 3.63) is 47.2 Å². The maximum atomic E-state index is 10.6. The Labute approximate surface area is 90.1 Å². The van der Waals surface area contributed by atoms with Gasteiger partial charge in [-0.05, 0) is 18.2 Å². The first-order chi connectivity index (χ1) is 7.38. The monoisotopic (exact) mass is 219 g/mol. The van der Waals surface area contributed by atoms with Crippen LogP contribution in [0.2, 0.25) is 0 Å². The maximum Gasteiger partial charge on any atom is 0.205 e. The van der Waals surface area contributed by atoms with E-state index in [-0.39, 0.29) is 0 Å². The molecule has 0 aliphatic carbocycles. The number of hydrogen-bond donors (Lipinski definition) is 2. The summed E-state index contributed by atoms with van der Waals surface area (Å²) in [5.74, 6) is 0.557. The molecule has 0 amide bonds. The molecule has 0 fully saturated rings. The average Bonchev–Trinajstić information content (AvgIpc) is 2.31. The van der Waals surface area contributed by atoms with E-state index in [0.29, 0.717) is 21.8 Å². The fourth-order valence-corrected chi connectivity index (χ4v) is 1.40. The van der Waals surface area contributed by atoms with E-state index >= 15 is 0 Å². The summed E-state index contributed by atoms with van der Waals surface area (Å²) in [6.45, 7) is 0.